The van der Waals surface area contributed by atoms with Crippen molar-refractivity contribution in [1.29, 1.82) is 0 Å². The fourth-order valence-electron chi connectivity index (χ4n) is 4.85. The molecule has 0 aromatic heterocycles. The Balaban J connectivity index is 1.37. The van der Waals surface area contributed by atoms with E-state index in [2.05, 4.69) is 4.74 Å². The first-order valence-electron chi connectivity index (χ1n) is 9.87. The largest absolute Gasteiger partial charge is 0.435 e. The van der Waals surface area contributed by atoms with Crippen LogP contribution in [0, 0.1) is 0 Å². The summed E-state index contributed by atoms with van der Waals surface area (Å²) in [5.74, 6) is -0.273. The van der Waals surface area contributed by atoms with Gasteiger partial charge in [-0.2, -0.15) is 8.78 Å². The van der Waals surface area contributed by atoms with Gasteiger partial charge in [-0.25, -0.2) is 0 Å². The minimum atomic E-state index is -2.92. The van der Waals surface area contributed by atoms with E-state index in [1.54, 1.807) is 9.80 Å². The minimum Gasteiger partial charge on any atom is -0.435 e. The SMILES string of the molecule is O=C(c1ccc(OC(F)F)cc1)N1CC[C@@]23O[C@@H](c4ccccc4)CN2C(=O)C[C@@H]13. The zero-order valence-corrected chi connectivity index (χ0v) is 16.0. The molecule has 3 aliphatic rings. The van der Waals surface area contributed by atoms with Gasteiger partial charge in [0.1, 0.15) is 11.9 Å². The number of alkyl halides is 2. The van der Waals surface area contributed by atoms with Gasteiger partial charge in [0.2, 0.25) is 5.91 Å². The molecule has 6 nitrogen and oxygen atoms in total. The highest BCUT2D eigenvalue weighted by Gasteiger charge is 2.65. The van der Waals surface area contributed by atoms with Crippen molar-refractivity contribution in [2.45, 2.75) is 37.3 Å². The lowest BCUT2D eigenvalue weighted by Crippen LogP contribution is -2.48. The van der Waals surface area contributed by atoms with Crippen molar-refractivity contribution in [3.8, 4) is 5.75 Å². The number of hydrogen-bond acceptors (Lipinski definition) is 4. The number of halogens is 2. The van der Waals surface area contributed by atoms with Gasteiger partial charge in [0.15, 0.2) is 5.72 Å². The van der Waals surface area contributed by atoms with Crippen LogP contribution >= 0.6 is 0 Å². The molecule has 2 aromatic rings. The maximum absolute atomic E-state index is 13.1. The Morgan fingerprint density at radius 1 is 1.13 bits per heavy atom. The van der Waals surface area contributed by atoms with Crippen molar-refractivity contribution in [2.75, 3.05) is 13.1 Å². The van der Waals surface area contributed by atoms with Crippen LogP contribution in [0.15, 0.2) is 54.6 Å². The summed E-state index contributed by atoms with van der Waals surface area (Å²) < 4.78 is 35.5. The van der Waals surface area contributed by atoms with Gasteiger partial charge in [-0.1, -0.05) is 30.3 Å². The van der Waals surface area contributed by atoms with E-state index in [0.717, 1.165) is 5.56 Å². The first-order chi connectivity index (χ1) is 14.5. The number of benzene rings is 2. The molecule has 3 saturated heterocycles. The maximum atomic E-state index is 13.1. The highest BCUT2D eigenvalue weighted by molar-refractivity contribution is 5.96. The van der Waals surface area contributed by atoms with Gasteiger partial charge in [0.25, 0.3) is 5.91 Å². The summed E-state index contributed by atoms with van der Waals surface area (Å²) in [5.41, 5.74) is 0.566. The van der Waals surface area contributed by atoms with E-state index in [-0.39, 0.29) is 36.1 Å². The van der Waals surface area contributed by atoms with Gasteiger partial charge in [0.05, 0.1) is 19.0 Å². The first kappa shape index (κ1) is 19.0. The molecule has 3 fully saturated rings. The average molecular weight is 414 g/mol. The number of carbonyl (C=O) groups excluding carboxylic acids is 2. The Hall–Kier alpha value is -3.00. The lowest BCUT2D eigenvalue weighted by molar-refractivity contribution is -0.138. The molecule has 3 aliphatic heterocycles. The van der Waals surface area contributed by atoms with E-state index in [4.69, 9.17) is 4.74 Å². The molecule has 3 atom stereocenters. The predicted molar refractivity (Wildman–Crippen MR) is 102 cm³/mol. The molecule has 0 aliphatic carbocycles. The van der Waals surface area contributed by atoms with Crippen LogP contribution < -0.4 is 4.74 Å². The van der Waals surface area contributed by atoms with Gasteiger partial charge in [-0.05, 0) is 29.8 Å². The zero-order chi connectivity index (χ0) is 20.9. The predicted octanol–water partition coefficient (Wildman–Crippen LogP) is 3.20. The molecular weight excluding hydrogens is 394 g/mol. The van der Waals surface area contributed by atoms with E-state index in [1.165, 1.54) is 24.3 Å². The number of likely N-dealkylation sites (tertiary alicyclic amines) is 1. The topological polar surface area (TPSA) is 59.1 Å². The molecule has 0 N–H and O–H groups in total. The van der Waals surface area contributed by atoms with E-state index in [1.807, 2.05) is 30.3 Å². The molecule has 156 valence electrons. The minimum absolute atomic E-state index is 0.00788. The van der Waals surface area contributed by atoms with Gasteiger partial charge in [-0.3, -0.25) is 9.59 Å². The molecule has 0 radical (unpaired) electrons. The van der Waals surface area contributed by atoms with Gasteiger partial charge >= 0.3 is 6.61 Å². The fraction of sp³-hybridized carbons (Fsp3) is 0.364. The summed E-state index contributed by atoms with van der Waals surface area (Å²) in [6, 6.07) is 15.0. The smallest absolute Gasteiger partial charge is 0.387 e. The number of amides is 2. The van der Waals surface area contributed by atoms with E-state index >= 15 is 0 Å². The van der Waals surface area contributed by atoms with E-state index < -0.39 is 12.3 Å². The standard InChI is InChI=1S/C22H20F2N2O4/c23-21(24)29-16-8-6-15(7-9-16)20(28)25-11-10-22-18(25)12-19(27)26(22)13-17(30-22)14-4-2-1-3-5-14/h1-9,17-18,21H,10-13H2/t17-,18-,22+/m1/s1. The van der Waals surface area contributed by atoms with Crippen LogP contribution in [-0.2, 0) is 9.53 Å². The number of nitrogens with zero attached hydrogens (tertiary/aromatic N) is 2. The first-order valence-corrected chi connectivity index (χ1v) is 9.87. The number of ether oxygens (including phenoxy) is 2. The third-order valence-electron chi connectivity index (χ3n) is 6.19. The normalized spacial score (nSPS) is 27.5. The number of carbonyl (C=O) groups is 2. The molecule has 3 heterocycles. The lowest BCUT2D eigenvalue weighted by Gasteiger charge is -2.32. The molecule has 2 amide bonds. The van der Waals surface area contributed by atoms with Crippen LogP contribution in [0.25, 0.3) is 0 Å². The summed E-state index contributed by atoms with van der Waals surface area (Å²) in [6.07, 6.45) is 0.545. The Labute approximate surface area is 172 Å². The van der Waals surface area contributed by atoms with E-state index in [0.29, 0.717) is 25.1 Å². The maximum Gasteiger partial charge on any atom is 0.387 e. The molecule has 8 heteroatoms. The Morgan fingerprint density at radius 2 is 1.87 bits per heavy atom. The number of rotatable bonds is 4. The van der Waals surface area contributed by atoms with Crippen molar-refractivity contribution in [1.82, 2.24) is 9.80 Å². The van der Waals surface area contributed by atoms with E-state index in [9.17, 15) is 18.4 Å². The molecule has 5 rings (SSSR count). The second-order valence-corrected chi connectivity index (χ2v) is 7.74. The summed E-state index contributed by atoms with van der Waals surface area (Å²) in [6.45, 7) is -1.98. The Morgan fingerprint density at radius 3 is 2.57 bits per heavy atom. The summed E-state index contributed by atoms with van der Waals surface area (Å²) in [7, 11) is 0. The molecular formula is C22H20F2N2O4. The molecule has 0 saturated carbocycles. The van der Waals surface area contributed by atoms with Gasteiger partial charge in [-0.15, -0.1) is 0 Å². The van der Waals surface area contributed by atoms with Crippen molar-refractivity contribution >= 4 is 11.8 Å². The van der Waals surface area contributed by atoms with Crippen molar-refractivity contribution in [2.24, 2.45) is 0 Å². The lowest BCUT2D eigenvalue weighted by atomic mass is 10.1. The molecule has 0 bridgehead atoms. The molecule has 1 spiro atoms. The van der Waals surface area contributed by atoms with Crippen LogP contribution in [0.2, 0.25) is 0 Å². The zero-order valence-electron chi connectivity index (χ0n) is 16.0. The monoisotopic (exact) mass is 414 g/mol. The summed E-state index contributed by atoms with van der Waals surface area (Å²) in [5, 5.41) is 0. The fourth-order valence-corrected chi connectivity index (χ4v) is 4.85. The van der Waals surface area contributed by atoms with Crippen LogP contribution in [0.1, 0.15) is 34.9 Å². The van der Waals surface area contributed by atoms with Crippen molar-refractivity contribution < 1.29 is 27.8 Å². The number of hydrogen-bond donors (Lipinski definition) is 0. The van der Waals surface area contributed by atoms with Gasteiger partial charge < -0.3 is 19.3 Å². The quantitative estimate of drug-likeness (QED) is 0.771. The molecule has 0 unspecified atom stereocenters. The third kappa shape index (κ3) is 2.94. The Kier molecular flexibility index (Phi) is 4.47. The van der Waals surface area contributed by atoms with Crippen LogP contribution in [0.4, 0.5) is 8.78 Å². The third-order valence-corrected chi connectivity index (χ3v) is 6.19. The highest BCUT2D eigenvalue weighted by atomic mass is 19.3. The van der Waals surface area contributed by atoms with Crippen molar-refractivity contribution in [3.05, 3.63) is 65.7 Å². The van der Waals surface area contributed by atoms with Crippen LogP contribution in [0.5, 0.6) is 5.75 Å². The summed E-state index contributed by atoms with van der Waals surface area (Å²) >= 11 is 0. The second kappa shape index (κ2) is 7.05. The average Bonchev–Trinajstić information content (AvgIpc) is 3.37. The Bertz CT molecular complexity index is 969. The highest BCUT2D eigenvalue weighted by Crippen LogP contribution is 2.50. The summed E-state index contributed by atoms with van der Waals surface area (Å²) in [4.78, 5) is 29.3. The molecule has 30 heavy (non-hydrogen) atoms. The van der Waals surface area contributed by atoms with Crippen LogP contribution in [0.3, 0.4) is 0 Å². The van der Waals surface area contributed by atoms with Crippen molar-refractivity contribution in [3.63, 3.8) is 0 Å². The second-order valence-electron chi connectivity index (χ2n) is 7.74. The van der Waals surface area contributed by atoms with Crippen LogP contribution in [-0.4, -0.2) is 53.1 Å². The molecule has 2 aromatic carbocycles. The van der Waals surface area contributed by atoms with Gasteiger partial charge in [0, 0.05) is 18.5 Å².